The topological polar surface area (TPSA) is 28.7 Å². The summed E-state index contributed by atoms with van der Waals surface area (Å²) >= 11 is 18.3. The van der Waals surface area contributed by atoms with Crippen LogP contribution in [0.4, 0.5) is 0 Å². The molecule has 0 fully saturated rings. The van der Waals surface area contributed by atoms with Crippen LogP contribution in [0.2, 0.25) is 15.1 Å². The number of nitrogens with one attached hydrogen (secondary N) is 1. The maximum absolute atomic E-state index is 6.20. The van der Waals surface area contributed by atoms with Gasteiger partial charge in [0, 0.05) is 32.7 Å². The summed E-state index contributed by atoms with van der Waals surface area (Å²) in [7, 11) is 0. The van der Waals surface area contributed by atoms with Crippen molar-refractivity contribution in [3.05, 3.63) is 74.6 Å². The number of aryl methyl sites for hydroxylation is 1. The maximum atomic E-state index is 6.20. The van der Waals surface area contributed by atoms with E-state index < -0.39 is 0 Å². The lowest BCUT2D eigenvalue weighted by Gasteiger charge is -2.01. The van der Waals surface area contributed by atoms with E-state index in [2.05, 4.69) is 9.97 Å². The number of aromatic amines is 1. The molecule has 0 bridgehead atoms. The first-order chi connectivity index (χ1) is 10.5. The summed E-state index contributed by atoms with van der Waals surface area (Å²) in [5.41, 5.74) is 3.76. The van der Waals surface area contributed by atoms with Crippen molar-refractivity contribution in [3.63, 3.8) is 0 Å². The van der Waals surface area contributed by atoms with E-state index in [1.54, 1.807) is 6.07 Å². The third-order valence-corrected chi connectivity index (χ3v) is 4.19. The van der Waals surface area contributed by atoms with E-state index in [0.717, 1.165) is 33.4 Å². The van der Waals surface area contributed by atoms with Crippen molar-refractivity contribution < 1.29 is 0 Å². The van der Waals surface area contributed by atoms with Gasteiger partial charge >= 0.3 is 0 Å². The summed E-state index contributed by atoms with van der Waals surface area (Å²) in [5.74, 6) is 0.858. The van der Waals surface area contributed by atoms with E-state index in [-0.39, 0.29) is 0 Å². The zero-order valence-corrected chi connectivity index (χ0v) is 14.1. The number of rotatable bonds is 3. The monoisotopic (exact) mass is 350 g/mol. The highest BCUT2D eigenvalue weighted by atomic mass is 35.5. The fourth-order valence-corrected chi connectivity index (χ4v) is 3.13. The molecule has 0 spiro atoms. The molecule has 0 aliphatic rings. The van der Waals surface area contributed by atoms with Gasteiger partial charge in [-0.05, 0) is 36.8 Å². The van der Waals surface area contributed by atoms with Gasteiger partial charge in [-0.25, -0.2) is 4.98 Å². The average molecular weight is 352 g/mol. The van der Waals surface area contributed by atoms with Crippen molar-refractivity contribution >= 4 is 34.8 Å². The summed E-state index contributed by atoms with van der Waals surface area (Å²) < 4.78 is 0. The summed E-state index contributed by atoms with van der Waals surface area (Å²) in [6.45, 7) is 1.98. The molecule has 2 nitrogen and oxygen atoms in total. The van der Waals surface area contributed by atoms with Crippen LogP contribution in [-0.2, 0) is 6.42 Å². The van der Waals surface area contributed by atoms with Gasteiger partial charge in [-0.15, -0.1) is 0 Å². The Bertz CT molecular complexity index is 804. The molecule has 0 aliphatic carbocycles. The highest BCUT2D eigenvalue weighted by molar-refractivity contribution is 6.35. The SMILES string of the molecule is Cc1[nH]c(Cc2ccccc2Cl)nc1-c1cc(Cl)cc(Cl)c1. The third kappa shape index (κ3) is 3.30. The van der Waals surface area contributed by atoms with Gasteiger partial charge in [-0.2, -0.15) is 0 Å². The van der Waals surface area contributed by atoms with Crippen LogP contribution in [0.15, 0.2) is 42.5 Å². The number of hydrogen-bond donors (Lipinski definition) is 1. The van der Waals surface area contributed by atoms with Gasteiger partial charge in [-0.1, -0.05) is 53.0 Å². The van der Waals surface area contributed by atoms with E-state index >= 15 is 0 Å². The molecule has 22 heavy (non-hydrogen) atoms. The highest BCUT2D eigenvalue weighted by Crippen LogP contribution is 2.29. The van der Waals surface area contributed by atoms with Gasteiger partial charge in [0.25, 0.3) is 0 Å². The lowest BCUT2D eigenvalue weighted by atomic mass is 10.1. The molecule has 0 saturated carbocycles. The second-order valence-corrected chi connectivity index (χ2v) is 6.36. The maximum Gasteiger partial charge on any atom is 0.111 e. The first-order valence-corrected chi connectivity index (χ1v) is 7.91. The predicted molar refractivity (Wildman–Crippen MR) is 93.0 cm³/mol. The summed E-state index contributed by atoms with van der Waals surface area (Å²) in [6.07, 6.45) is 0.648. The van der Waals surface area contributed by atoms with Gasteiger partial charge < -0.3 is 4.98 Å². The zero-order chi connectivity index (χ0) is 15.7. The molecule has 1 heterocycles. The number of halogens is 3. The largest absolute Gasteiger partial charge is 0.345 e. The molecule has 5 heteroatoms. The molecule has 2 aromatic carbocycles. The number of nitrogens with zero attached hydrogens (tertiary/aromatic N) is 1. The van der Waals surface area contributed by atoms with Crippen LogP contribution in [0.3, 0.4) is 0 Å². The Morgan fingerprint density at radius 1 is 1.00 bits per heavy atom. The molecule has 3 aromatic rings. The third-order valence-electron chi connectivity index (χ3n) is 3.39. The fourth-order valence-electron chi connectivity index (χ4n) is 2.40. The molecule has 0 unspecified atom stereocenters. The van der Waals surface area contributed by atoms with Crippen LogP contribution in [0.1, 0.15) is 17.1 Å². The Labute approximate surface area is 144 Å². The molecular formula is C17H13Cl3N2. The van der Waals surface area contributed by atoms with E-state index in [1.165, 1.54) is 0 Å². The minimum Gasteiger partial charge on any atom is -0.345 e. The standard InChI is InChI=1S/C17H13Cl3N2/c1-10-17(12-6-13(18)9-14(19)7-12)22-16(21-10)8-11-4-2-3-5-15(11)20/h2-7,9H,8H2,1H3,(H,21,22). The number of benzene rings is 2. The number of hydrogen-bond acceptors (Lipinski definition) is 1. The molecule has 0 aliphatic heterocycles. The first-order valence-electron chi connectivity index (χ1n) is 6.78. The quantitative estimate of drug-likeness (QED) is 0.622. The number of aromatic nitrogens is 2. The van der Waals surface area contributed by atoms with Crippen LogP contribution in [0.25, 0.3) is 11.3 Å². The molecule has 0 radical (unpaired) electrons. The molecule has 0 atom stereocenters. The Morgan fingerprint density at radius 2 is 1.68 bits per heavy atom. The second-order valence-electron chi connectivity index (χ2n) is 5.08. The molecule has 1 N–H and O–H groups in total. The van der Waals surface area contributed by atoms with Crippen LogP contribution >= 0.6 is 34.8 Å². The average Bonchev–Trinajstić information content (AvgIpc) is 2.81. The Balaban J connectivity index is 1.96. The van der Waals surface area contributed by atoms with E-state index in [4.69, 9.17) is 34.8 Å². The van der Waals surface area contributed by atoms with E-state index in [0.29, 0.717) is 16.5 Å². The van der Waals surface area contributed by atoms with Crippen molar-refractivity contribution in [2.45, 2.75) is 13.3 Å². The summed E-state index contributed by atoms with van der Waals surface area (Å²) in [4.78, 5) is 7.97. The van der Waals surface area contributed by atoms with Gasteiger partial charge in [0.1, 0.15) is 5.82 Å². The molecular weight excluding hydrogens is 339 g/mol. The molecule has 3 rings (SSSR count). The van der Waals surface area contributed by atoms with Crippen molar-refractivity contribution in [3.8, 4) is 11.3 Å². The number of H-pyrrole nitrogens is 1. The lowest BCUT2D eigenvalue weighted by molar-refractivity contribution is 1.02. The van der Waals surface area contributed by atoms with Gasteiger partial charge in [0.2, 0.25) is 0 Å². The van der Waals surface area contributed by atoms with E-state index in [1.807, 2.05) is 43.3 Å². The van der Waals surface area contributed by atoms with Crippen LogP contribution in [0.5, 0.6) is 0 Å². The van der Waals surface area contributed by atoms with E-state index in [9.17, 15) is 0 Å². The van der Waals surface area contributed by atoms with Gasteiger partial charge in [-0.3, -0.25) is 0 Å². The zero-order valence-electron chi connectivity index (χ0n) is 11.8. The van der Waals surface area contributed by atoms with Crippen LogP contribution in [0, 0.1) is 6.92 Å². The predicted octanol–water partition coefficient (Wildman–Crippen LogP) is 5.94. The smallest absolute Gasteiger partial charge is 0.111 e. The minimum atomic E-state index is 0.595. The Morgan fingerprint density at radius 3 is 2.36 bits per heavy atom. The van der Waals surface area contributed by atoms with Crippen molar-refractivity contribution in [1.82, 2.24) is 9.97 Å². The van der Waals surface area contributed by atoms with Crippen LogP contribution < -0.4 is 0 Å². The number of imidazole rings is 1. The molecule has 0 amide bonds. The molecule has 1 aromatic heterocycles. The minimum absolute atomic E-state index is 0.595. The Kier molecular flexibility index (Phi) is 4.44. The second kappa shape index (κ2) is 6.33. The van der Waals surface area contributed by atoms with Gasteiger partial charge in [0.05, 0.1) is 5.69 Å². The normalized spacial score (nSPS) is 10.9. The van der Waals surface area contributed by atoms with Crippen molar-refractivity contribution in [1.29, 1.82) is 0 Å². The highest BCUT2D eigenvalue weighted by Gasteiger charge is 2.12. The summed E-state index contributed by atoms with van der Waals surface area (Å²) in [6, 6.07) is 13.2. The van der Waals surface area contributed by atoms with Crippen LogP contribution in [-0.4, -0.2) is 9.97 Å². The molecule has 112 valence electrons. The van der Waals surface area contributed by atoms with Crippen molar-refractivity contribution in [2.75, 3.05) is 0 Å². The van der Waals surface area contributed by atoms with Crippen molar-refractivity contribution in [2.24, 2.45) is 0 Å². The van der Waals surface area contributed by atoms with Gasteiger partial charge in [0.15, 0.2) is 0 Å². The molecule has 0 saturated heterocycles. The lowest BCUT2D eigenvalue weighted by Crippen LogP contribution is -1.91. The Hall–Kier alpha value is -1.48. The summed E-state index contributed by atoms with van der Waals surface area (Å²) in [5, 5.41) is 1.93. The fraction of sp³-hybridized carbons (Fsp3) is 0.118. The first kappa shape index (κ1) is 15.4.